The van der Waals surface area contributed by atoms with Crippen LogP contribution in [0.15, 0.2) is 16.6 Å². The van der Waals surface area contributed by atoms with E-state index < -0.39 is 12.3 Å². The lowest BCUT2D eigenvalue weighted by Gasteiger charge is -2.10. The van der Waals surface area contributed by atoms with E-state index in [9.17, 15) is 9.18 Å². The molecule has 0 radical (unpaired) electrons. The second-order valence-corrected chi connectivity index (χ2v) is 4.03. The number of hydrogen-bond acceptors (Lipinski definition) is 2. The Hall–Kier alpha value is -0.650. The minimum absolute atomic E-state index is 0.0976. The van der Waals surface area contributed by atoms with Gasteiger partial charge in [0.05, 0.1) is 10.6 Å². The lowest BCUT2D eigenvalue weighted by atomic mass is 10.1. The van der Waals surface area contributed by atoms with E-state index >= 15 is 0 Å². The highest BCUT2D eigenvalue weighted by Gasteiger charge is 2.17. The Balaban J connectivity index is 3.25. The first-order valence-electron chi connectivity index (χ1n) is 3.93. The summed E-state index contributed by atoms with van der Waals surface area (Å²) in [6.07, 6.45) is -1.60. The van der Waals surface area contributed by atoms with Crippen LogP contribution in [-0.4, -0.2) is 13.0 Å². The molecule has 0 aliphatic rings. The number of halogens is 3. The number of rotatable bonds is 3. The summed E-state index contributed by atoms with van der Waals surface area (Å²) in [7, 11) is 1.23. The predicted octanol–water partition coefficient (Wildman–Crippen LogP) is 2.82. The van der Waals surface area contributed by atoms with Crippen molar-refractivity contribution in [3.05, 3.63) is 32.8 Å². The van der Waals surface area contributed by atoms with Crippen molar-refractivity contribution in [2.45, 2.75) is 6.36 Å². The molecule has 0 aliphatic carbocycles. The van der Waals surface area contributed by atoms with Gasteiger partial charge < -0.3 is 10.5 Å². The second-order valence-electron chi connectivity index (χ2n) is 2.77. The Kier molecular flexibility index (Phi) is 4.07. The molecule has 1 atom stereocenters. The number of carbonyl (C=O) groups is 1. The van der Waals surface area contributed by atoms with Gasteiger partial charge in [-0.05, 0) is 12.1 Å². The smallest absolute Gasteiger partial charge is 0.250 e. The van der Waals surface area contributed by atoms with E-state index in [4.69, 9.17) is 17.3 Å². The van der Waals surface area contributed by atoms with Gasteiger partial charge in [-0.15, -0.1) is 0 Å². The number of carbonyl (C=O) groups excluding carboxylic acids is 1. The Morgan fingerprint density at radius 1 is 1.67 bits per heavy atom. The minimum Gasteiger partial charge on any atom is -0.366 e. The van der Waals surface area contributed by atoms with Gasteiger partial charge in [0, 0.05) is 17.1 Å². The van der Waals surface area contributed by atoms with Gasteiger partial charge in [-0.25, -0.2) is 4.39 Å². The number of methoxy groups -OCH3 is 1. The van der Waals surface area contributed by atoms with Gasteiger partial charge in [-0.2, -0.15) is 0 Å². The lowest BCUT2D eigenvalue weighted by molar-refractivity contribution is -0.00716. The number of ether oxygens (including phenoxy) is 1. The van der Waals surface area contributed by atoms with E-state index in [1.807, 2.05) is 0 Å². The Morgan fingerprint density at radius 3 is 2.73 bits per heavy atom. The highest BCUT2D eigenvalue weighted by molar-refractivity contribution is 9.10. The SMILES string of the molecule is COC(F)c1cc(Cl)c(C(N)=O)cc1Br. The van der Waals surface area contributed by atoms with Crippen LogP contribution in [-0.2, 0) is 4.74 Å². The van der Waals surface area contributed by atoms with Crippen molar-refractivity contribution in [2.75, 3.05) is 7.11 Å². The number of alkyl halides is 1. The third-order valence-corrected chi connectivity index (χ3v) is 2.80. The topological polar surface area (TPSA) is 52.3 Å². The molecule has 1 amide bonds. The number of amides is 1. The van der Waals surface area contributed by atoms with Gasteiger partial charge in [0.15, 0.2) is 0 Å². The molecule has 15 heavy (non-hydrogen) atoms. The molecule has 2 N–H and O–H groups in total. The van der Waals surface area contributed by atoms with Crippen LogP contribution >= 0.6 is 27.5 Å². The van der Waals surface area contributed by atoms with Crippen molar-refractivity contribution in [2.24, 2.45) is 5.73 Å². The molecule has 0 spiro atoms. The maximum Gasteiger partial charge on any atom is 0.250 e. The number of hydrogen-bond donors (Lipinski definition) is 1. The van der Waals surface area contributed by atoms with E-state index in [1.165, 1.54) is 19.2 Å². The molecule has 0 fully saturated rings. The highest BCUT2D eigenvalue weighted by Crippen LogP contribution is 2.31. The van der Waals surface area contributed by atoms with Crippen LogP contribution in [0.3, 0.4) is 0 Å². The standard InChI is InChI=1S/C9H8BrClFNO2/c1-15-8(12)4-3-7(11)5(9(13)14)2-6(4)10/h2-3,8H,1H3,(H2,13,14). The maximum absolute atomic E-state index is 13.2. The molecule has 0 aromatic heterocycles. The van der Waals surface area contributed by atoms with Gasteiger partial charge in [-0.3, -0.25) is 4.79 Å². The van der Waals surface area contributed by atoms with Crippen molar-refractivity contribution >= 4 is 33.4 Å². The van der Waals surface area contributed by atoms with Crippen molar-refractivity contribution in [1.29, 1.82) is 0 Å². The van der Waals surface area contributed by atoms with Crippen LogP contribution in [0.4, 0.5) is 4.39 Å². The molecule has 6 heteroatoms. The largest absolute Gasteiger partial charge is 0.366 e. The predicted molar refractivity (Wildman–Crippen MR) is 58.5 cm³/mol. The molecule has 0 saturated heterocycles. The van der Waals surface area contributed by atoms with Crippen LogP contribution in [0.1, 0.15) is 22.3 Å². The Morgan fingerprint density at radius 2 is 2.27 bits per heavy atom. The summed E-state index contributed by atoms with van der Waals surface area (Å²) in [5.74, 6) is -0.667. The Labute approximate surface area is 99.5 Å². The Bertz CT molecular complexity index is 400. The third kappa shape index (κ3) is 2.68. The summed E-state index contributed by atoms with van der Waals surface area (Å²) in [6.45, 7) is 0. The molecular formula is C9H8BrClFNO2. The normalized spacial score (nSPS) is 12.5. The van der Waals surface area contributed by atoms with Gasteiger partial charge in [0.25, 0.3) is 0 Å². The molecule has 0 saturated carbocycles. The fourth-order valence-corrected chi connectivity index (χ4v) is 1.84. The molecule has 0 heterocycles. The van der Waals surface area contributed by atoms with Crippen molar-refractivity contribution in [1.82, 2.24) is 0 Å². The van der Waals surface area contributed by atoms with Crippen molar-refractivity contribution < 1.29 is 13.9 Å². The zero-order valence-corrected chi connectivity index (χ0v) is 10.1. The van der Waals surface area contributed by atoms with Gasteiger partial charge in [0.1, 0.15) is 0 Å². The van der Waals surface area contributed by atoms with E-state index in [0.29, 0.717) is 4.47 Å². The summed E-state index contributed by atoms with van der Waals surface area (Å²) in [5.41, 5.74) is 5.42. The van der Waals surface area contributed by atoms with Crippen LogP contribution < -0.4 is 5.73 Å². The summed E-state index contributed by atoms with van der Waals surface area (Å²) in [5, 5.41) is 0.0976. The minimum atomic E-state index is -1.60. The van der Waals surface area contributed by atoms with Crippen LogP contribution in [0.2, 0.25) is 5.02 Å². The van der Waals surface area contributed by atoms with Crippen LogP contribution in [0.5, 0.6) is 0 Å². The number of benzene rings is 1. The second kappa shape index (κ2) is 4.92. The fourth-order valence-electron chi connectivity index (χ4n) is 1.05. The third-order valence-electron chi connectivity index (χ3n) is 1.80. The molecule has 82 valence electrons. The molecule has 3 nitrogen and oxygen atoms in total. The zero-order chi connectivity index (χ0) is 11.6. The monoisotopic (exact) mass is 295 g/mol. The fraction of sp³-hybridized carbons (Fsp3) is 0.222. The van der Waals surface area contributed by atoms with E-state index in [2.05, 4.69) is 20.7 Å². The van der Waals surface area contributed by atoms with E-state index in [1.54, 1.807) is 0 Å². The first-order chi connectivity index (χ1) is 6.97. The van der Waals surface area contributed by atoms with Gasteiger partial charge in [0.2, 0.25) is 12.3 Å². The number of nitrogens with two attached hydrogens (primary N) is 1. The molecule has 0 bridgehead atoms. The van der Waals surface area contributed by atoms with Gasteiger partial charge in [-0.1, -0.05) is 27.5 Å². The molecule has 1 rings (SSSR count). The summed E-state index contributed by atoms with van der Waals surface area (Å²) < 4.78 is 18.1. The molecule has 1 aromatic rings. The van der Waals surface area contributed by atoms with Crippen LogP contribution in [0, 0.1) is 0 Å². The average molecular weight is 297 g/mol. The molecule has 0 aliphatic heterocycles. The molecule has 1 aromatic carbocycles. The molecule has 1 unspecified atom stereocenters. The van der Waals surface area contributed by atoms with E-state index in [-0.39, 0.29) is 16.1 Å². The zero-order valence-electron chi connectivity index (χ0n) is 7.76. The maximum atomic E-state index is 13.2. The van der Waals surface area contributed by atoms with Crippen molar-refractivity contribution in [3.63, 3.8) is 0 Å². The first kappa shape index (κ1) is 12.4. The van der Waals surface area contributed by atoms with Crippen molar-refractivity contribution in [3.8, 4) is 0 Å². The lowest BCUT2D eigenvalue weighted by Crippen LogP contribution is -2.12. The summed E-state index contributed by atoms with van der Waals surface area (Å²) in [6, 6.07) is 2.67. The first-order valence-corrected chi connectivity index (χ1v) is 5.10. The van der Waals surface area contributed by atoms with E-state index in [0.717, 1.165) is 0 Å². The number of primary amides is 1. The highest BCUT2D eigenvalue weighted by atomic mass is 79.9. The van der Waals surface area contributed by atoms with Crippen LogP contribution in [0.25, 0.3) is 0 Å². The van der Waals surface area contributed by atoms with Gasteiger partial charge >= 0.3 is 0 Å². The summed E-state index contributed by atoms with van der Waals surface area (Å²) in [4.78, 5) is 10.9. The molecular weight excluding hydrogens is 288 g/mol. The average Bonchev–Trinajstić information content (AvgIpc) is 2.19. The quantitative estimate of drug-likeness (QED) is 0.932. The summed E-state index contributed by atoms with van der Waals surface area (Å²) >= 11 is 8.86.